The van der Waals surface area contributed by atoms with Crippen LogP contribution in [-0.2, 0) is 6.54 Å². The van der Waals surface area contributed by atoms with Crippen molar-refractivity contribution in [3.8, 4) is 6.07 Å². The van der Waals surface area contributed by atoms with E-state index in [-0.39, 0.29) is 12.2 Å². The van der Waals surface area contributed by atoms with Crippen molar-refractivity contribution in [3.63, 3.8) is 0 Å². The Kier molecular flexibility index (Phi) is 3.01. The van der Waals surface area contributed by atoms with Crippen LogP contribution in [0.15, 0.2) is 53.7 Å². The van der Waals surface area contributed by atoms with E-state index in [2.05, 4.69) is 16.2 Å². The molecule has 0 aliphatic rings. The summed E-state index contributed by atoms with van der Waals surface area (Å²) in [5.41, 5.74) is 1.08. The molecule has 0 fully saturated rings. The van der Waals surface area contributed by atoms with Gasteiger partial charge in [0.1, 0.15) is 0 Å². The normalized spacial score (nSPS) is 12.2. The zero-order chi connectivity index (χ0) is 13.9. The summed E-state index contributed by atoms with van der Waals surface area (Å²) in [6.07, 6.45) is 4.60. The molecule has 0 aliphatic heterocycles. The number of fused-ring (bicyclic) bond motifs is 1. The Hall–Kier alpha value is -2.94. The van der Waals surface area contributed by atoms with Gasteiger partial charge in [0.25, 0.3) is 0 Å². The van der Waals surface area contributed by atoms with Gasteiger partial charge in [0.05, 0.1) is 24.7 Å². The van der Waals surface area contributed by atoms with E-state index in [0.29, 0.717) is 5.65 Å². The molecule has 0 amide bonds. The van der Waals surface area contributed by atoms with Crippen molar-refractivity contribution < 1.29 is 0 Å². The first-order valence-corrected chi connectivity index (χ1v) is 6.13. The summed E-state index contributed by atoms with van der Waals surface area (Å²) in [7, 11) is 0. The van der Waals surface area contributed by atoms with Gasteiger partial charge in [0.2, 0.25) is 0 Å². The van der Waals surface area contributed by atoms with Crippen molar-refractivity contribution >= 4 is 5.65 Å². The summed E-state index contributed by atoms with van der Waals surface area (Å²) in [4.78, 5) is 16.1. The molecular weight excluding hydrogens is 254 g/mol. The van der Waals surface area contributed by atoms with E-state index in [9.17, 15) is 10.1 Å². The van der Waals surface area contributed by atoms with Gasteiger partial charge in [-0.1, -0.05) is 30.3 Å². The Morgan fingerprint density at radius 3 is 2.80 bits per heavy atom. The average molecular weight is 265 g/mol. The molecule has 2 heterocycles. The first kappa shape index (κ1) is 12.1. The molecule has 2 aromatic heterocycles. The van der Waals surface area contributed by atoms with Gasteiger partial charge in [-0.2, -0.15) is 5.26 Å². The molecule has 0 N–H and O–H groups in total. The average Bonchev–Trinajstić information content (AvgIpc) is 2.82. The number of hydrogen-bond donors (Lipinski definition) is 0. The zero-order valence-electron chi connectivity index (χ0n) is 10.5. The number of hydrogen-bond acceptors (Lipinski definition) is 4. The van der Waals surface area contributed by atoms with Gasteiger partial charge in [-0.05, 0) is 5.56 Å². The lowest BCUT2D eigenvalue weighted by Crippen LogP contribution is -2.23. The molecule has 6 nitrogen and oxygen atoms in total. The Bertz CT molecular complexity index is 828. The van der Waals surface area contributed by atoms with E-state index in [1.807, 2.05) is 30.3 Å². The van der Waals surface area contributed by atoms with Crippen LogP contribution < -0.4 is 5.69 Å². The second-order valence-electron chi connectivity index (χ2n) is 4.36. The number of rotatable bonds is 3. The molecule has 98 valence electrons. The van der Waals surface area contributed by atoms with Crippen LogP contribution in [0.25, 0.3) is 5.65 Å². The van der Waals surface area contributed by atoms with E-state index < -0.39 is 5.92 Å². The van der Waals surface area contributed by atoms with E-state index in [4.69, 9.17) is 0 Å². The Labute approximate surface area is 114 Å². The molecular formula is C14H11N5O. The SMILES string of the molecule is N#CC(Cn1nc2cnccn2c1=O)c1ccccc1. The molecule has 1 aromatic carbocycles. The van der Waals surface area contributed by atoms with Gasteiger partial charge in [-0.25, -0.2) is 13.9 Å². The van der Waals surface area contributed by atoms with Gasteiger partial charge in [-0.3, -0.25) is 4.98 Å². The highest BCUT2D eigenvalue weighted by Crippen LogP contribution is 2.15. The smallest absolute Gasteiger partial charge is 0.259 e. The van der Waals surface area contributed by atoms with Crippen molar-refractivity contribution in [2.75, 3.05) is 0 Å². The second-order valence-corrected chi connectivity index (χ2v) is 4.36. The van der Waals surface area contributed by atoms with Crippen molar-refractivity contribution in [3.05, 3.63) is 65.0 Å². The molecule has 0 saturated heterocycles. The van der Waals surface area contributed by atoms with Crippen LogP contribution >= 0.6 is 0 Å². The van der Waals surface area contributed by atoms with Crippen LogP contribution in [0.1, 0.15) is 11.5 Å². The highest BCUT2D eigenvalue weighted by atomic mass is 16.2. The summed E-state index contributed by atoms with van der Waals surface area (Å²) in [6, 6.07) is 11.6. The molecule has 0 radical (unpaired) electrons. The van der Waals surface area contributed by atoms with E-state index in [0.717, 1.165) is 5.56 Å². The lowest BCUT2D eigenvalue weighted by Gasteiger charge is -2.07. The fraction of sp³-hybridized carbons (Fsp3) is 0.143. The van der Waals surface area contributed by atoms with Gasteiger partial charge in [0, 0.05) is 12.4 Å². The fourth-order valence-electron chi connectivity index (χ4n) is 2.08. The van der Waals surface area contributed by atoms with Crippen LogP contribution in [0.2, 0.25) is 0 Å². The minimum Gasteiger partial charge on any atom is -0.259 e. The van der Waals surface area contributed by atoms with Gasteiger partial charge < -0.3 is 0 Å². The van der Waals surface area contributed by atoms with Crippen molar-refractivity contribution in [2.24, 2.45) is 0 Å². The molecule has 6 heteroatoms. The zero-order valence-corrected chi connectivity index (χ0v) is 10.5. The Balaban J connectivity index is 1.99. The van der Waals surface area contributed by atoms with E-state index in [1.54, 1.807) is 6.20 Å². The molecule has 3 rings (SSSR count). The number of benzene rings is 1. The molecule has 0 saturated carbocycles. The van der Waals surface area contributed by atoms with Crippen LogP contribution in [0.4, 0.5) is 0 Å². The predicted molar refractivity (Wildman–Crippen MR) is 72.0 cm³/mol. The lowest BCUT2D eigenvalue weighted by molar-refractivity contribution is 0.560. The minimum atomic E-state index is -0.410. The highest BCUT2D eigenvalue weighted by molar-refractivity contribution is 5.32. The first-order valence-electron chi connectivity index (χ1n) is 6.13. The molecule has 0 bridgehead atoms. The second kappa shape index (κ2) is 4.97. The van der Waals surface area contributed by atoms with Crippen LogP contribution in [0.3, 0.4) is 0 Å². The van der Waals surface area contributed by atoms with Crippen LogP contribution in [-0.4, -0.2) is 19.2 Å². The van der Waals surface area contributed by atoms with Crippen LogP contribution in [0.5, 0.6) is 0 Å². The lowest BCUT2D eigenvalue weighted by atomic mass is 10.0. The quantitative estimate of drug-likeness (QED) is 0.713. The summed E-state index contributed by atoms with van der Waals surface area (Å²) in [5.74, 6) is -0.410. The number of nitriles is 1. The fourth-order valence-corrected chi connectivity index (χ4v) is 2.08. The summed E-state index contributed by atoms with van der Waals surface area (Å²) in [5, 5.41) is 13.5. The highest BCUT2D eigenvalue weighted by Gasteiger charge is 2.15. The first-order chi connectivity index (χ1) is 9.79. The van der Waals surface area contributed by atoms with Gasteiger partial charge in [0.15, 0.2) is 5.65 Å². The van der Waals surface area contributed by atoms with E-state index >= 15 is 0 Å². The number of aromatic nitrogens is 4. The maximum atomic E-state index is 12.1. The maximum Gasteiger partial charge on any atom is 0.350 e. The molecule has 1 atom stereocenters. The van der Waals surface area contributed by atoms with E-state index in [1.165, 1.54) is 21.5 Å². The Morgan fingerprint density at radius 1 is 1.30 bits per heavy atom. The van der Waals surface area contributed by atoms with Gasteiger partial charge in [-0.15, -0.1) is 5.10 Å². The van der Waals surface area contributed by atoms with Crippen molar-refractivity contribution in [1.82, 2.24) is 19.2 Å². The standard InChI is InChI=1S/C14H11N5O/c15-8-12(11-4-2-1-3-5-11)10-19-14(20)18-7-6-16-9-13(18)17-19/h1-7,9,12H,10H2. The predicted octanol–water partition coefficient (Wildman–Crippen LogP) is 1.20. The molecule has 1 unspecified atom stereocenters. The summed E-state index contributed by atoms with van der Waals surface area (Å²) >= 11 is 0. The maximum absolute atomic E-state index is 12.1. The van der Waals surface area contributed by atoms with Gasteiger partial charge >= 0.3 is 5.69 Å². The molecule has 3 aromatic rings. The third-order valence-corrected chi connectivity index (χ3v) is 3.10. The van der Waals surface area contributed by atoms with Crippen molar-refractivity contribution in [2.45, 2.75) is 12.5 Å². The summed E-state index contributed by atoms with van der Waals surface area (Å²) in [6.45, 7) is 0.223. The summed E-state index contributed by atoms with van der Waals surface area (Å²) < 4.78 is 2.71. The molecule has 20 heavy (non-hydrogen) atoms. The third-order valence-electron chi connectivity index (χ3n) is 3.10. The number of nitrogens with zero attached hydrogens (tertiary/aromatic N) is 5. The Morgan fingerprint density at radius 2 is 2.10 bits per heavy atom. The minimum absolute atomic E-state index is 0.223. The van der Waals surface area contributed by atoms with Crippen molar-refractivity contribution in [1.29, 1.82) is 5.26 Å². The third kappa shape index (κ3) is 2.06. The largest absolute Gasteiger partial charge is 0.350 e. The molecule has 0 spiro atoms. The monoisotopic (exact) mass is 265 g/mol. The molecule has 0 aliphatic carbocycles. The van der Waals surface area contributed by atoms with Crippen LogP contribution in [0, 0.1) is 11.3 Å². The topological polar surface area (TPSA) is 76.0 Å².